The molecule has 0 aromatic heterocycles. The van der Waals surface area contributed by atoms with Crippen LogP contribution in [0.2, 0.25) is 0 Å². The number of nitrogens with zero attached hydrogens (tertiary/aromatic N) is 1. The molecule has 1 aliphatic rings. The first kappa shape index (κ1) is 20.3. The third-order valence-electron chi connectivity index (χ3n) is 4.38. The zero-order valence-electron chi connectivity index (χ0n) is 17.0. The Morgan fingerprint density at radius 3 is 2.14 bits per heavy atom. The Bertz CT molecular complexity index is 914. The number of ether oxygens (including phenoxy) is 6. The molecule has 0 saturated carbocycles. The van der Waals surface area contributed by atoms with E-state index in [9.17, 15) is 4.79 Å². The summed E-state index contributed by atoms with van der Waals surface area (Å²) in [4.78, 5) is 15.8. The largest absolute Gasteiger partial charge is 0.493 e. The maximum absolute atomic E-state index is 11.4. The minimum atomic E-state index is -0.440. The smallest absolute Gasteiger partial charge is 0.308 e. The maximum atomic E-state index is 11.4. The van der Waals surface area contributed by atoms with Gasteiger partial charge in [0, 0.05) is 18.1 Å². The fourth-order valence-corrected chi connectivity index (χ4v) is 3.04. The predicted octanol–water partition coefficient (Wildman–Crippen LogP) is 3.16. The van der Waals surface area contributed by atoms with Crippen LogP contribution in [-0.2, 0) is 9.53 Å². The van der Waals surface area contributed by atoms with Gasteiger partial charge in [-0.3, -0.25) is 4.79 Å². The van der Waals surface area contributed by atoms with Crippen LogP contribution in [0.15, 0.2) is 35.3 Å². The van der Waals surface area contributed by atoms with Gasteiger partial charge in [0.15, 0.2) is 23.0 Å². The molecule has 3 rings (SSSR count). The standard InChI is InChI=1S/C21H23NO7/c1-12(23)28-16-8-13(6-7-15(16)24-2)21-22-11-19(29-21)14-9-17(25-3)20(27-5)18(10-14)26-4/h6-10,19H,11H2,1-5H3. The SMILES string of the molecule is COc1ccc(C2=NCC(c3cc(OC)c(OC)c(OC)c3)O2)cc1OC(C)=O. The fraction of sp³-hybridized carbons (Fsp3) is 0.333. The molecule has 2 aromatic carbocycles. The molecule has 29 heavy (non-hydrogen) atoms. The maximum Gasteiger partial charge on any atom is 0.308 e. The molecular formula is C21H23NO7. The van der Waals surface area contributed by atoms with E-state index in [0.717, 1.165) is 5.56 Å². The summed E-state index contributed by atoms with van der Waals surface area (Å²) in [5, 5.41) is 0. The molecule has 1 atom stereocenters. The van der Waals surface area contributed by atoms with Crippen LogP contribution in [0.1, 0.15) is 24.2 Å². The van der Waals surface area contributed by atoms with Gasteiger partial charge < -0.3 is 28.4 Å². The first-order valence-electron chi connectivity index (χ1n) is 8.88. The molecule has 2 aromatic rings. The molecule has 0 amide bonds. The van der Waals surface area contributed by atoms with Gasteiger partial charge in [0.05, 0.1) is 35.0 Å². The van der Waals surface area contributed by atoms with Crippen molar-refractivity contribution in [2.75, 3.05) is 35.0 Å². The van der Waals surface area contributed by atoms with Crippen molar-refractivity contribution in [1.82, 2.24) is 0 Å². The van der Waals surface area contributed by atoms with Crippen molar-refractivity contribution in [3.8, 4) is 28.7 Å². The topological polar surface area (TPSA) is 84.8 Å². The minimum absolute atomic E-state index is 0.306. The Kier molecular flexibility index (Phi) is 6.11. The van der Waals surface area contributed by atoms with Crippen molar-refractivity contribution in [3.63, 3.8) is 0 Å². The molecule has 8 heteroatoms. The number of carbonyl (C=O) groups excluding carboxylic acids is 1. The molecule has 0 radical (unpaired) electrons. The van der Waals surface area contributed by atoms with E-state index in [0.29, 0.717) is 46.8 Å². The highest BCUT2D eigenvalue weighted by Crippen LogP contribution is 2.41. The van der Waals surface area contributed by atoms with E-state index < -0.39 is 5.97 Å². The lowest BCUT2D eigenvalue weighted by Crippen LogP contribution is -2.09. The van der Waals surface area contributed by atoms with Crippen LogP contribution in [-0.4, -0.2) is 46.9 Å². The van der Waals surface area contributed by atoms with E-state index in [1.54, 1.807) is 39.5 Å². The lowest BCUT2D eigenvalue weighted by atomic mass is 10.1. The molecule has 8 nitrogen and oxygen atoms in total. The van der Waals surface area contributed by atoms with Crippen molar-refractivity contribution in [2.24, 2.45) is 4.99 Å². The average Bonchev–Trinajstić information content (AvgIpc) is 3.22. The lowest BCUT2D eigenvalue weighted by molar-refractivity contribution is -0.132. The molecule has 1 aliphatic heterocycles. The van der Waals surface area contributed by atoms with Gasteiger partial charge >= 0.3 is 5.97 Å². The zero-order valence-corrected chi connectivity index (χ0v) is 17.0. The average molecular weight is 401 g/mol. The van der Waals surface area contributed by atoms with Gasteiger partial charge in [-0.25, -0.2) is 4.99 Å². The highest BCUT2D eigenvalue weighted by atomic mass is 16.6. The summed E-state index contributed by atoms with van der Waals surface area (Å²) in [6.07, 6.45) is -0.321. The van der Waals surface area contributed by atoms with Crippen LogP contribution in [0.5, 0.6) is 28.7 Å². The van der Waals surface area contributed by atoms with Crippen LogP contribution in [0.25, 0.3) is 0 Å². The second-order valence-electron chi connectivity index (χ2n) is 6.17. The Morgan fingerprint density at radius 2 is 1.59 bits per heavy atom. The van der Waals surface area contributed by atoms with Crippen LogP contribution in [0, 0.1) is 0 Å². The Labute approximate surface area is 169 Å². The number of aliphatic imine (C=N–C) groups is 1. The quantitative estimate of drug-likeness (QED) is 0.520. The monoisotopic (exact) mass is 401 g/mol. The second-order valence-corrected chi connectivity index (χ2v) is 6.17. The second kappa shape index (κ2) is 8.72. The summed E-state index contributed by atoms with van der Waals surface area (Å²) in [5.41, 5.74) is 1.52. The summed E-state index contributed by atoms with van der Waals surface area (Å²) in [6, 6.07) is 8.83. The molecule has 154 valence electrons. The molecule has 0 fully saturated rings. The first-order chi connectivity index (χ1) is 14.0. The Morgan fingerprint density at radius 1 is 0.931 bits per heavy atom. The van der Waals surface area contributed by atoms with Gasteiger partial charge in [0.2, 0.25) is 11.6 Å². The third kappa shape index (κ3) is 4.21. The Balaban J connectivity index is 1.86. The van der Waals surface area contributed by atoms with Gasteiger partial charge in [0.1, 0.15) is 6.10 Å². The first-order valence-corrected chi connectivity index (χ1v) is 8.88. The van der Waals surface area contributed by atoms with Crippen molar-refractivity contribution in [3.05, 3.63) is 41.5 Å². The molecule has 1 heterocycles. The number of hydrogen-bond acceptors (Lipinski definition) is 8. The molecular weight excluding hydrogens is 378 g/mol. The van der Waals surface area contributed by atoms with Gasteiger partial charge in [-0.2, -0.15) is 0 Å². The minimum Gasteiger partial charge on any atom is -0.493 e. The van der Waals surface area contributed by atoms with Gasteiger partial charge in [0.25, 0.3) is 0 Å². The van der Waals surface area contributed by atoms with E-state index in [4.69, 9.17) is 28.4 Å². The van der Waals surface area contributed by atoms with Crippen LogP contribution in [0.3, 0.4) is 0 Å². The fourth-order valence-electron chi connectivity index (χ4n) is 3.04. The summed E-state index contributed by atoms with van der Waals surface area (Å²) in [7, 11) is 6.18. The third-order valence-corrected chi connectivity index (χ3v) is 4.38. The summed E-state index contributed by atoms with van der Waals surface area (Å²) < 4.78 is 32.7. The lowest BCUT2D eigenvalue weighted by Gasteiger charge is -2.17. The van der Waals surface area contributed by atoms with Crippen LogP contribution >= 0.6 is 0 Å². The number of benzene rings is 2. The summed E-state index contributed by atoms with van der Waals surface area (Å²) in [6.45, 7) is 1.75. The van der Waals surface area contributed by atoms with E-state index in [-0.39, 0.29) is 6.10 Å². The van der Waals surface area contributed by atoms with Crippen LogP contribution < -0.4 is 23.7 Å². The van der Waals surface area contributed by atoms with Gasteiger partial charge in [-0.15, -0.1) is 0 Å². The molecule has 1 unspecified atom stereocenters. The van der Waals surface area contributed by atoms with Gasteiger partial charge in [-0.05, 0) is 30.3 Å². The zero-order chi connectivity index (χ0) is 21.0. The van der Waals surface area contributed by atoms with Crippen molar-refractivity contribution in [1.29, 1.82) is 0 Å². The van der Waals surface area contributed by atoms with E-state index >= 15 is 0 Å². The summed E-state index contributed by atoms with van der Waals surface area (Å²) in [5.74, 6) is 2.36. The van der Waals surface area contributed by atoms with Crippen molar-refractivity contribution < 1.29 is 33.2 Å². The molecule has 0 aliphatic carbocycles. The van der Waals surface area contributed by atoms with Crippen molar-refractivity contribution >= 4 is 11.9 Å². The van der Waals surface area contributed by atoms with E-state index in [1.807, 2.05) is 12.1 Å². The predicted molar refractivity (Wildman–Crippen MR) is 106 cm³/mol. The molecule has 0 saturated heterocycles. The number of carbonyl (C=O) groups is 1. The highest BCUT2D eigenvalue weighted by Gasteiger charge is 2.26. The van der Waals surface area contributed by atoms with Gasteiger partial charge in [-0.1, -0.05) is 0 Å². The van der Waals surface area contributed by atoms with Crippen molar-refractivity contribution in [2.45, 2.75) is 13.0 Å². The Hall–Kier alpha value is -3.42. The molecule has 0 spiro atoms. The number of esters is 1. The molecule has 0 bridgehead atoms. The number of methoxy groups -OCH3 is 4. The van der Waals surface area contributed by atoms with E-state index in [1.165, 1.54) is 14.0 Å². The number of hydrogen-bond donors (Lipinski definition) is 0. The summed E-state index contributed by atoms with van der Waals surface area (Å²) >= 11 is 0. The number of rotatable bonds is 7. The normalized spacial score (nSPS) is 15.2. The molecule has 0 N–H and O–H groups in total. The van der Waals surface area contributed by atoms with Crippen LogP contribution in [0.4, 0.5) is 0 Å². The highest BCUT2D eigenvalue weighted by molar-refractivity contribution is 5.96. The van der Waals surface area contributed by atoms with E-state index in [2.05, 4.69) is 4.99 Å².